The van der Waals surface area contributed by atoms with Gasteiger partial charge in [0.2, 0.25) is 0 Å². The van der Waals surface area contributed by atoms with Gasteiger partial charge in [-0.1, -0.05) is 44.9 Å². The molecular weight excluding hydrogens is 488 g/mol. The highest BCUT2D eigenvalue weighted by molar-refractivity contribution is 5.41. The Balaban J connectivity index is 1.51. The summed E-state index contributed by atoms with van der Waals surface area (Å²) in [6.07, 6.45) is -0.00587. The Morgan fingerprint density at radius 3 is 2.50 bits per heavy atom. The zero-order chi connectivity index (χ0) is 27.6. The lowest BCUT2D eigenvalue weighted by Crippen LogP contribution is -2.65. The van der Waals surface area contributed by atoms with Crippen LogP contribution in [-0.2, 0) is 23.7 Å². The summed E-state index contributed by atoms with van der Waals surface area (Å²) in [4.78, 5) is 0. The molecule has 5 aliphatic rings. The molecule has 1 saturated carbocycles. The standard InChI is InChI=1S/C30H48O8/c1-15(2)18-10-11-30(6)12-20-17(13-34-7)8-9-19(20)16(3)23(31)27(22(18)30)37-28-25(33)24(32)26-21(36-28)14-35-29(4,5)38-26/h12,15-17,19,21,23-28,31-33H,8-11,13-14H2,1-7H3/b20-12-/t16-,17-,19+,21-,23-,24?,25?,26?,27-,28-,30?/m1/s1. The first-order valence-corrected chi connectivity index (χ1v) is 14.5. The Hall–Kier alpha value is -0.840. The zero-order valence-electron chi connectivity index (χ0n) is 24.1. The van der Waals surface area contributed by atoms with Gasteiger partial charge in [-0.25, -0.2) is 0 Å². The Kier molecular flexibility index (Phi) is 7.95. The summed E-state index contributed by atoms with van der Waals surface area (Å²) in [5.41, 5.74) is 3.53. The van der Waals surface area contributed by atoms with Gasteiger partial charge in [-0.15, -0.1) is 0 Å². The molecule has 8 heteroatoms. The maximum absolute atomic E-state index is 12.0. The normalized spacial score (nSPS) is 48.1. The van der Waals surface area contributed by atoms with Crippen molar-refractivity contribution < 1.29 is 39.0 Å². The Bertz CT molecular complexity index is 941. The van der Waals surface area contributed by atoms with Crippen LogP contribution in [0.4, 0.5) is 0 Å². The molecule has 0 spiro atoms. The maximum Gasteiger partial charge on any atom is 0.187 e. The average molecular weight is 537 g/mol. The molecule has 4 unspecified atom stereocenters. The Labute approximate surface area is 227 Å². The van der Waals surface area contributed by atoms with Gasteiger partial charge in [-0.3, -0.25) is 0 Å². The van der Waals surface area contributed by atoms with Crippen molar-refractivity contribution in [3.63, 3.8) is 0 Å². The molecule has 8 nitrogen and oxygen atoms in total. The molecule has 0 radical (unpaired) electrons. The summed E-state index contributed by atoms with van der Waals surface area (Å²) in [6.45, 7) is 13.2. The highest BCUT2D eigenvalue weighted by Gasteiger charge is 2.54. The van der Waals surface area contributed by atoms with Crippen LogP contribution in [0, 0.1) is 29.1 Å². The summed E-state index contributed by atoms with van der Waals surface area (Å²) in [5, 5.41) is 34.1. The molecule has 0 bridgehead atoms. The number of aliphatic hydroxyl groups excluding tert-OH is 3. The molecule has 5 rings (SSSR count). The van der Waals surface area contributed by atoms with Crippen LogP contribution in [-0.4, -0.2) is 84.3 Å². The highest BCUT2D eigenvalue weighted by Crippen LogP contribution is 2.55. The van der Waals surface area contributed by atoms with Crippen molar-refractivity contribution in [3.05, 3.63) is 22.8 Å². The number of rotatable bonds is 5. The molecule has 3 fully saturated rings. The molecule has 0 aromatic carbocycles. The number of methoxy groups -OCH3 is 1. The number of fused-ring (bicyclic) bond motifs is 3. The van der Waals surface area contributed by atoms with Crippen LogP contribution in [0.5, 0.6) is 0 Å². The lowest BCUT2D eigenvalue weighted by Gasteiger charge is -2.50. The third kappa shape index (κ3) is 4.94. The SMILES string of the molecule is COC[C@H]1CC[C@@H]2/C1=C\C1(C)CCC(C(C)C)=C1[C@@H](O[C@H]1O[C@@H]3COC(C)(C)OC3C(O)C1O)[C@H](O)[C@@H]2C. The molecule has 216 valence electrons. The van der Waals surface area contributed by atoms with Crippen molar-refractivity contribution in [2.75, 3.05) is 20.3 Å². The molecule has 3 N–H and O–H groups in total. The van der Waals surface area contributed by atoms with Gasteiger partial charge in [0, 0.05) is 18.4 Å². The van der Waals surface area contributed by atoms with Gasteiger partial charge in [-0.2, -0.15) is 0 Å². The van der Waals surface area contributed by atoms with Crippen LogP contribution in [0.3, 0.4) is 0 Å². The number of allylic oxidation sites excluding steroid dienone is 2. The Morgan fingerprint density at radius 2 is 1.82 bits per heavy atom. The molecular formula is C30H48O8. The minimum Gasteiger partial charge on any atom is -0.390 e. The smallest absolute Gasteiger partial charge is 0.187 e. The van der Waals surface area contributed by atoms with Crippen molar-refractivity contribution in [2.24, 2.45) is 29.1 Å². The summed E-state index contributed by atoms with van der Waals surface area (Å²) in [6, 6.07) is 0. The minimum atomic E-state index is -1.32. The van der Waals surface area contributed by atoms with Crippen molar-refractivity contribution in [1.29, 1.82) is 0 Å². The largest absolute Gasteiger partial charge is 0.390 e. The van der Waals surface area contributed by atoms with Crippen LogP contribution in [0.1, 0.15) is 67.2 Å². The Morgan fingerprint density at radius 1 is 1.08 bits per heavy atom. The van der Waals surface area contributed by atoms with E-state index >= 15 is 0 Å². The van der Waals surface area contributed by atoms with Gasteiger partial charge < -0.3 is 39.0 Å². The van der Waals surface area contributed by atoms with E-state index in [1.165, 1.54) is 11.1 Å². The number of ether oxygens (including phenoxy) is 5. The van der Waals surface area contributed by atoms with Crippen molar-refractivity contribution in [1.82, 2.24) is 0 Å². The molecule has 11 atom stereocenters. The minimum absolute atomic E-state index is 0.0558. The van der Waals surface area contributed by atoms with Gasteiger partial charge in [-0.05, 0) is 62.9 Å². The second-order valence-electron chi connectivity index (χ2n) is 13.2. The van der Waals surface area contributed by atoms with E-state index in [-0.39, 0.29) is 23.9 Å². The fourth-order valence-corrected chi connectivity index (χ4v) is 7.76. The highest BCUT2D eigenvalue weighted by atomic mass is 16.8. The fraction of sp³-hybridized carbons (Fsp3) is 0.867. The molecule has 0 aromatic rings. The summed E-state index contributed by atoms with van der Waals surface area (Å²) < 4.78 is 30.1. The van der Waals surface area contributed by atoms with Crippen molar-refractivity contribution in [3.8, 4) is 0 Å². The van der Waals surface area contributed by atoms with Crippen LogP contribution < -0.4 is 0 Å². The van der Waals surface area contributed by atoms with Crippen LogP contribution >= 0.6 is 0 Å². The number of aliphatic hydroxyl groups is 3. The third-order valence-corrected chi connectivity index (χ3v) is 9.86. The second-order valence-corrected chi connectivity index (χ2v) is 13.2. The van der Waals surface area contributed by atoms with E-state index in [9.17, 15) is 15.3 Å². The van der Waals surface area contributed by atoms with E-state index < -0.39 is 48.7 Å². The predicted molar refractivity (Wildman–Crippen MR) is 141 cm³/mol. The van der Waals surface area contributed by atoms with E-state index in [1.54, 1.807) is 21.0 Å². The fourth-order valence-electron chi connectivity index (χ4n) is 7.76. The number of hydrogen-bond donors (Lipinski definition) is 3. The predicted octanol–water partition coefficient (Wildman–Crippen LogP) is 3.33. The van der Waals surface area contributed by atoms with Gasteiger partial charge in [0.25, 0.3) is 0 Å². The molecule has 38 heavy (non-hydrogen) atoms. The average Bonchev–Trinajstić information content (AvgIpc) is 3.40. The van der Waals surface area contributed by atoms with Crippen molar-refractivity contribution in [2.45, 2.75) is 116 Å². The number of hydrogen-bond acceptors (Lipinski definition) is 8. The third-order valence-electron chi connectivity index (χ3n) is 9.86. The van der Waals surface area contributed by atoms with E-state index in [0.29, 0.717) is 18.4 Å². The van der Waals surface area contributed by atoms with E-state index in [4.69, 9.17) is 23.7 Å². The second kappa shape index (κ2) is 10.5. The van der Waals surface area contributed by atoms with Crippen LogP contribution in [0.25, 0.3) is 0 Å². The first kappa shape index (κ1) is 28.7. The van der Waals surface area contributed by atoms with E-state index in [1.807, 2.05) is 0 Å². The monoisotopic (exact) mass is 536 g/mol. The van der Waals surface area contributed by atoms with Crippen LogP contribution in [0.2, 0.25) is 0 Å². The van der Waals surface area contributed by atoms with Gasteiger partial charge in [0.1, 0.15) is 30.5 Å². The molecule has 3 aliphatic carbocycles. The molecule has 2 saturated heterocycles. The quantitative estimate of drug-likeness (QED) is 0.460. The summed E-state index contributed by atoms with van der Waals surface area (Å²) in [5.74, 6) is -0.0306. The van der Waals surface area contributed by atoms with Crippen LogP contribution in [0.15, 0.2) is 22.8 Å². The maximum atomic E-state index is 12.0. The lowest BCUT2D eigenvalue weighted by atomic mass is 9.68. The van der Waals surface area contributed by atoms with Crippen molar-refractivity contribution >= 4 is 0 Å². The molecule has 0 aromatic heterocycles. The van der Waals surface area contributed by atoms with Gasteiger partial charge >= 0.3 is 0 Å². The van der Waals surface area contributed by atoms with E-state index in [2.05, 4.69) is 33.8 Å². The first-order valence-electron chi connectivity index (χ1n) is 14.5. The first-order chi connectivity index (χ1) is 17.9. The van der Waals surface area contributed by atoms with Gasteiger partial charge in [0.05, 0.1) is 19.3 Å². The summed E-state index contributed by atoms with van der Waals surface area (Å²) in [7, 11) is 1.76. The molecule has 0 amide bonds. The lowest BCUT2D eigenvalue weighted by molar-refractivity contribution is -0.387. The van der Waals surface area contributed by atoms with E-state index in [0.717, 1.165) is 31.3 Å². The summed E-state index contributed by atoms with van der Waals surface area (Å²) >= 11 is 0. The molecule has 2 aliphatic heterocycles. The molecule has 2 heterocycles. The topological polar surface area (TPSA) is 107 Å². The van der Waals surface area contributed by atoms with Gasteiger partial charge in [0.15, 0.2) is 12.1 Å². The zero-order valence-corrected chi connectivity index (χ0v) is 24.1.